The maximum atomic E-state index is 13.1. The molecule has 0 radical (unpaired) electrons. The van der Waals surface area contributed by atoms with Crippen LogP contribution >= 0.6 is 0 Å². The van der Waals surface area contributed by atoms with Gasteiger partial charge in [-0.05, 0) is 42.7 Å². The molecule has 2 heterocycles. The lowest BCUT2D eigenvalue weighted by Gasteiger charge is -2.26. The van der Waals surface area contributed by atoms with Gasteiger partial charge in [-0.1, -0.05) is 26.0 Å². The van der Waals surface area contributed by atoms with Crippen LogP contribution in [-0.2, 0) is 4.79 Å². The number of anilines is 1. The number of rotatable bonds is 5. The highest BCUT2D eigenvalue weighted by atomic mass is 16.2. The molecule has 0 aliphatic carbocycles. The predicted molar refractivity (Wildman–Crippen MR) is 105 cm³/mol. The predicted octanol–water partition coefficient (Wildman–Crippen LogP) is 3.21. The lowest BCUT2D eigenvalue weighted by atomic mass is 10.0. The van der Waals surface area contributed by atoms with Crippen LogP contribution in [0.2, 0.25) is 0 Å². The van der Waals surface area contributed by atoms with Gasteiger partial charge in [-0.25, -0.2) is 0 Å². The molecule has 0 spiro atoms. The molecule has 3 amide bonds. The summed E-state index contributed by atoms with van der Waals surface area (Å²) in [5.74, 6) is -1.11. The average molecular weight is 376 g/mol. The summed E-state index contributed by atoms with van der Waals surface area (Å²) in [6.45, 7) is 3.91. The van der Waals surface area contributed by atoms with Crippen LogP contribution in [-0.4, -0.2) is 38.9 Å². The van der Waals surface area contributed by atoms with E-state index < -0.39 is 17.9 Å². The monoisotopic (exact) mass is 376 g/mol. The molecule has 28 heavy (non-hydrogen) atoms. The van der Waals surface area contributed by atoms with Gasteiger partial charge in [0, 0.05) is 11.1 Å². The van der Waals surface area contributed by atoms with E-state index >= 15 is 0 Å². The first-order chi connectivity index (χ1) is 13.5. The maximum Gasteiger partial charge on any atom is 0.262 e. The molecule has 142 valence electrons. The number of nitrogens with one attached hydrogen (secondary N) is 2. The largest absolute Gasteiger partial charge is 0.324 e. The minimum atomic E-state index is -0.882. The normalized spacial score (nSPS) is 14.6. The number of aromatic nitrogens is 2. The second-order valence-corrected chi connectivity index (χ2v) is 7.33. The van der Waals surface area contributed by atoms with Gasteiger partial charge in [-0.15, -0.1) is 0 Å². The van der Waals surface area contributed by atoms with Crippen molar-refractivity contribution >= 4 is 34.3 Å². The van der Waals surface area contributed by atoms with Crippen molar-refractivity contribution in [3.05, 3.63) is 59.8 Å². The van der Waals surface area contributed by atoms with Gasteiger partial charge in [0.1, 0.15) is 6.04 Å². The highest BCUT2D eigenvalue weighted by molar-refractivity contribution is 6.23. The van der Waals surface area contributed by atoms with Gasteiger partial charge >= 0.3 is 0 Å². The third-order valence-electron chi connectivity index (χ3n) is 4.84. The van der Waals surface area contributed by atoms with Crippen LogP contribution in [0, 0.1) is 5.92 Å². The third-order valence-corrected chi connectivity index (χ3v) is 4.84. The van der Waals surface area contributed by atoms with E-state index in [9.17, 15) is 14.4 Å². The quantitative estimate of drug-likeness (QED) is 0.669. The first-order valence-corrected chi connectivity index (χ1v) is 9.16. The van der Waals surface area contributed by atoms with E-state index in [0.29, 0.717) is 23.2 Å². The molecule has 1 atom stereocenters. The summed E-state index contributed by atoms with van der Waals surface area (Å²) >= 11 is 0. The van der Waals surface area contributed by atoms with Gasteiger partial charge in [-0.2, -0.15) is 5.10 Å². The molecule has 0 fully saturated rings. The smallest absolute Gasteiger partial charge is 0.262 e. The van der Waals surface area contributed by atoms with E-state index in [2.05, 4.69) is 15.5 Å². The zero-order chi connectivity index (χ0) is 19.8. The molecule has 0 saturated heterocycles. The SMILES string of the molecule is CC(C)CC(C(=O)Nc1ccc2[nH]ncc2c1)N1C(=O)c2ccccc2C1=O. The third kappa shape index (κ3) is 3.05. The average Bonchev–Trinajstić information content (AvgIpc) is 3.23. The summed E-state index contributed by atoms with van der Waals surface area (Å²) in [5, 5.41) is 10.5. The minimum absolute atomic E-state index is 0.122. The highest BCUT2D eigenvalue weighted by Crippen LogP contribution is 2.28. The Balaban J connectivity index is 1.63. The molecule has 2 aromatic carbocycles. The fourth-order valence-corrected chi connectivity index (χ4v) is 3.51. The number of benzene rings is 2. The number of imide groups is 1. The van der Waals surface area contributed by atoms with Crippen LogP contribution in [0.3, 0.4) is 0 Å². The van der Waals surface area contributed by atoms with Crippen LogP contribution in [0.5, 0.6) is 0 Å². The van der Waals surface area contributed by atoms with Crippen molar-refractivity contribution in [2.24, 2.45) is 5.92 Å². The lowest BCUT2D eigenvalue weighted by molar-refractivity contribution is -0.120. The number of hydrogen-bond donors (Lipinski definition) is 2. The first kappa shape index (κ1) is 17.9. The lowest BCUT2D eigenvalue weighted by Crippen LogP contribution is -2.47. The Hall–Kier alpha value is -3.48. The molecule has 1 aliphatic heterocycles. The molecule has 1 aliphatic rings. The molecule has 2 N–H and O–H groups in total. The summed E-state index contributed by atoms with van der Waals surface area (Å²) in [7, 11) is 0. The van der Waals surface area contributed by atoms with E-state index in [4.69, 9.17) is 0 Å². The minimum Gasteiger partial charge on any atom is -0.324 e. The molecule has 7 heteroatoms. The Morgan fingerprint density at radius 1 is 1.11 bits per heavy atom. The number of carbonyl (C=O) groups excluding carboxylic acids is 3. The highest BCUT2D eigenvalue weighted by Gasteiger charge is 2.42. The molecule has 1 unspecified atom stereocenters. The van der Waals surface area contributed by atoms with E-state index in [1.807, 2.05) is 19.9 Å². The molecular weight excluding hydrogens is 356 g/mol. The maximum absolute atomic E-state index is 13.1. The molecule has 0 saturated carbocycles. The Morgan fingerprint density at radius 2 is 1.79 bits per heavy atom. The first-order valence-electron chi connectivity index (χ1n) is 9.16. The van der Waals surface area contributed by atoms with Gasteiger partial charge in [0.2, 0.25) is 5.91 Å². The van der Waals surface area contributed by atoms with Crippen molar-refractivity contribution < 1.29 is 14.4 Å². The van der Waals surface area contributed by atoms with E-state index in [-0.39, 0.29) is 11.8 Å². The zero-order valence-electron chi connectivity index (χ0n) is 15.6. The van der Waals surface area contributed by atoms with Crippen LogP contribution in [0.1, 0.15) is 41.0 Å². The van der Waals surface area contributed by atoms with E-state index in [1.54, 1.807) is 42.6 Å². The van der Waals surface area contributed by atoms with Crippen molar-refractivity contribution in [2.45, 2.75) is 26.3 Å². The number of amides is 3. The van der Waals surface area contributed by atoms with Crippen LogP contribution in [0.25, 0.3) is 10.9 Å². The van der Waals surface area contributed by atoms with Crippen molar-refractivity contribution in [1.29, 1.82) is 0 Å². The molecule has 0 bridgehead atoms. The number of aromatic amines is 1. The fraction of sp³-hybridized carbons (Fsp3) is 0.238. The molecule has 7 nitrogen and oxygen atoms in total. The van der Waals surface area contributed by atoms with E-state index in [0.717, 1.165) is 15.8 Å². The number of carbonyl (C=O) groups is 3. The summed E-state index contributed by atoms with van der Waals surface area (Å²) in [4.78, 5) is 39.8. The molecule has 4 rings (SSSR count). The van der Waals surface area contributed by atoms with Gasteiger partial charge < -0.3 is 5.32 Å². The van der Waals surface area contributed by atoms with E-state index in [1.165, 1.54) is 0 Å². The van der Waals surface area contributed by atoms with Crippen molar-refractivity contribution in [2.75, 3.05) is 5.32 Å². The van der Waals surface area contributed by atoms with Crippen LogP contribution in [0.15, 0.2) is 48.7 Å². The summed E-state index contributed by atoms with van der Waals surface area (Å²) in [5.41, 5.74) is 2.13. The number of H-pyrrole nitrogens is 1. The Kier molecular flexibility index (Phi) is 4.43. The number of nitrogens with zero attached hydrogens (tertiary/aromatic N) is 2. The summed E-state index contributed by atoms with van der Waals surface area (Å²) < 4.78 is 0. The van der Waals surface area contributed by atoms with Crippen LogP contribution in [0.4, 0.5) is 5.69 Å². The summed E-state index contributed by atoms with van der Waals surface area (Å²) in [6, 6.07) is 11.2. The Labute approximate surface area is 161 Å². The second-order valence-electron chi connectivity index (χ2n) is 7.33. The van der Waals surface area contributed by atoms with Crippen molar-refractivity contribution in [3.8, 4) is 0 Å². The number of hydrogen-bond acceptors (Lipinski definition) is 4. The van der Waals surface area contributed by atoms with Gasteiger partial charge in [0.15, 0.2) is 0 Å². The fourth-order valence-electron chi connectivity index (χ4n) is 3.51. The molecular formula is C21H20N4O3. The topological polar surface area (TPSA) is 95.2 Å². The molecule has 3 aromatic rings. The van der Waals surface area contributed by atoms with Crippen molar-refractivity contribution in [3.63, 3.8) is 0 Å². The zero-order valence-corrected chi connectivity index (χ0v) is 15.6. The second kappa shape index (κ2) is 6.92. The summed E-state index contributed by atoms with van der Waals surface area (Å²) in [6.07, 6.45) is 2.05. The van der Waals surface area contributed by atoms with Gasteiger partial charge in [-0.3, -0.25) is 24.4 Å². The molecule has 1 aromatic heterocycles. The number of fused-ring (bicyclic) bond motifs is 2. The van der Waals surface area contributed by atoms with Gasteiger partial charge in [0.25, 0.3) is 11.8 Å². The Morgan fingerprint density at radius 3 is 2.43 bits per heavy atom. The van der Waals surface area contributed by atoms with Crippen LogP contribution < -0.4 is 5.32 Å². The van der Waals surface area contributed by atoms with Gasteiger partial charge in [0.05, 0.1) is 22.8 Å². The van der Waals surface area contributed by atoms with Crippen molar-refractivity contribution in [1.82, 2.24) is 15.1 Å². The Bertz CT molecular complexity index is 1050. The standard InChI is InChI=1S/C21H20N4O3/c1-12(2)9-18(25-20(27)15-5-3-4-6-16(15)21(25)28)19(26)23-14-7-8-17-13(10-14)11-22-24-17/h3-8,10-12,18H,9H2,1-2H3,(H,22,24)(H,23,26).